The first-order chi connectivity index (χ1) is 9.65. The van der Waals surface area contributed by atoms with Crippen molar-refractivity contribution >= 4 is 17.5 Å². The molecule has 2 atom stereocenters. The molecule has 2 N–H and O–H groups in total. The quantitative estimate of drug-likeness (QED) is 0.890. The number of hydrogen-bond donors (Lipinski definition) is 2. The zero-order chi connectivity index (χ0) is 14.1. The lowest BCUT2D eigenvalue weighted by atomic mass is 10.1. The summed E-state index contributed by atoms with van der Waals surface area (Å²) in [4.78, 5) is 16.1. The Morgan fingerprint density at radius 3 is 2.85 bits per heavy atom. The van der Waals surface area contributed by atoms with Crippen LogP contribution in [-0.2, 0) is 6.42 Å². The van der Waals surface area contributed by atoms with Gasteiger partial charge in [-0.25, -0.2) is 4.98 Å². The van der Waals surface area contributed by atoms with Gasteiger partial charge in [0.25, 0.3) is 5.91 Å². The Kier molecular flexibility index (Phi) is 3.42. The van der Waals surface area contributed by atoms with E-state index in [1.165, 1.54) is 6.20 Å². The number of carbonyl (C=O) groups is 1. The van der Waals surface area contributed by atoms with E-state index < -0.39 is 12.1 Å². The highest BCUT2D eigenvalue weighted by Crippen LogP contribution is 2.31. The molecule has 0 bridgehead atoms. The highest BCUT2D eigenvalue weighted by Gasteiger charge is 2.32. The fraction of sp³-hybridized carbons (Fsp3) is 0.200. The Morgan fingerprint density at radius 2 is 2.10 bits per heavy atom. The SMILES string of the molecule is O=C(NC1c2ccccc2CC1O)c1ccc(Cl)cn1. The highest BCUT2D eigenvalue weighted by molar-refractivity contribution is 6.30. The third-order valence-corrected chi connectivity index (χ3v) is 3.67. The number of benzene rings is 1. The number of amides is 1. The summed E-state index contributed by atoms with van der Waals surface area (Å²) in [6, 6.07) is 10.5. The van der Waals surface area contributed by atoms with Gasteiger partial charge in [0, 0.05) is 12.6 Å². The average Bonchev–Trinajstić information content (AvgIpc) is 2.76. The molecule has 102 valence electrons. The number of pyridine rings is 1. The van der Waals surface area contributed by atoms with Crippen molar-refractivity contribution < 1.29 is 9.90 Å². The van der Waals surface area contributed by atoms with Crippen molar-refractivity contribution in [1.82, 2.24) is 10.3 Å². The standard InChI is InChI=1S/C15H13ClN2O2/c16-10-5-6-12(17-8-10)15(20)18-14-11-4-2-1-3-9(11)7-13(14)19/h1-6,8,13-14,19H,7H2,(H,18,20). The van der Waals surface area contributed by atoms with Crippen LogP contribution in [0, 0.1) is 0 Å². The summed E-state index contributed by atoms with van der Waals surface area (Å²) >= 11 is 5.74. The predicted octanol–water partition coefficient (Wildman–Crippen LogP) is 2.12. The summed E-state index contributed by atoms with van der Waals surface area (Å²) in [6.07, 6.45) is 1.37. The number of nitrogens with zero attached hydrogens (tertiary/aromatic N) is 1. The number of nitrogens with one attached hydrogen (secondary N) is 1. The topological polar surface area (TPSA) is 62.2 Å². The maximum Gasteiger partial charge on any atom is 0.270 e. The molecular formula is C15H13ClN2O2. The maximum absolute atomic E-state index is 12.1. The second-order valence-electron chi connectivity index (χ2n) is 4.78. The molecule has 1 aliphatic carbocycles. The van der Waals surface area contributed by atoms with Gasteiger partial charge in [-0.2, -0.15) is 0 Å². The zero-order valence-electron chi connectivity index (χ0n) is 10.6. The number of aliphatic hydroxyl groups excluding tert-OH is 1. The highest BCUT2D eigenvalue weighted by atomic mass is 35.5. The minimum atomic E-state index is -0.608. The number of aromatic nitrogens is 1. The second kappa shape index (κ2) is 5.23. The van der Waals surface area contributed by atoms with Crippen LogP contribution in [0.3, 0.4) is 0 Å². The van der Waals surface area contributed by atoms with E-state index in [1.54, 1.807) is 12.1 Å². The van der Waals surface area contributed by atoms with E-state index in [1.807, 2.05) is 24.3 Å². The lowest BCUT2D eigenvalue weighted by molar-refractivity contribution is 0.0853. The van der Waals surface area contributed by atoms with E-state index in [0.717, 1.165) is 11.1 Å². The predicted molar refractivity (Wildman–Crippen MR) is 75.6 cm³/mol. The molecule has 1 amide bonds. The van der Waals surface area contributed by atoms with Crippen molar-refractivity contribution in [1.29, 1.82) is 0 Å². The normalized spacial score (nSPS) is 20.5. The van der Waals surface area contributed by atoms with E-state index in [0.29, 0.717) is 11.4 Å². The molecule has 2 unspecified atom stereocenters. The van der Waals surface area contributed by atoms with Crippen LogP contribution in [0.15, 0.2) is 42.6 Å². The van der Waals surface area contributed by atoms with E-state index in [-0.39, 0.29) is 11.6 Å². The van der Waals surface area contributed by atoms with Gasteiger partial charge in [0.15, 0.2) is 0 Å². The third-order valence-electron chi connectivity index (χ3n) is 3.45. The number of fused-ring (bicyclic) bond motifs is 1. The van der Waals surface area contributed by atoms with Crippen molar-refractivity contribution in [3.63, 3.8) is 0 Å². The Labute approximate surface area is 121 Å². The molecular weight excluding hydrogens is 276 g/mol. The van der Waals surface area contributed by atoms with E-state index >= 15 is 0 Å². The van der Waals surface area contributed by atoms with E-state index in [4.69, 9.17) is 11.6 Å². The van der Waals surface area contributed by atoms with Gasteiger partial charge in [-0.1, -0.05) is 35.9 Å². The fourth-order valence-electron chi connectivity index (χ4n) is 2.47. The molecule has 0 saturated heterocycles. The van der Waals surface area contributed by atoms with Gasteiger partial charge < -0.3 is 10.4 Å². The Hall–Kier alpha value is -1.91. The zero-order valence-corrected chi connectivity index (χ0v) is 11.3. The van der Waals surface area contributed by atoms with Crippen LogP contribution in [0.2, 0.25) is 5.02 Å². The van der Waals surface area contributed by atoms with Crippen LogP contribution in [-0.4, -0.2) is 22.1 Å². The minimum absolute atomic E-state index is 0.283. The van der Waals surface area contributed by atoms with Gasteiger partial charge >= 0.3 is 0 Å². The summed E-state index contributed by atoms with van der Waals surface area (Å²) in [5.41, 5.74) is 2.31. The molecule has 3 rings (SSSR count). The smallest absolute Gasteiger partial charge is 0.270 e. The summed E-state index contributed by atoms with van der Waals surface area (Å²) < 4.78 is 0. The molecule has 2 aromatic rings. The van der Waals surface area contributed by atoms with Crippen molar-refractivity contribution in [2.75, 3.05) is 0 Å². The summed E-state index contributed by atoms with van der Waals surface area (Å²) in [5, 5.41) is 13.4. The van der Waals surface area contributed by atoms with Crippen LogP contribution < -0.4 is 5.32 Å². The van der Waals surface area contributed by atoms with E-state index in [9.17, 15) is 9.90 Å². The fourth-order valence-corrected chi connectivity index (χ4v) is 2.58. The van der Waals surface area contributed by atoms with Gasteiger partial charge in [0.1, 0.15) is 5.69 Å². The summed E-state index contributed by atoms with van der Waals surface area (Å²) in [6.45, 7) is 0. The minimum Gasteiger partial charge on any atom is -0.390 e. The molecule has 20 heavy (non-hydrogen) atoms. The lowest BCUT2D eigenvalue weighted by Gasteiger charge is -2.17. The van der Waals surface area contributed by atoms with E-state index in [2.05, 4.69) is 10.3 Å². The van der Waals surface area contributed by atoms with Crippen LogP contribution >= 0.6 is 11.6 Å². The first-order valence-electron chi connectivity index (χ1n) is 6.33. The lowest BCUT2D eigenvalue weighted by Crippen LogP contribution is -2.34. The molecule has 0 aliphatic heterocycles. The summed E-state index contributed by atoms with van der Waals surface area (Å²) in [5.74, 6) is -0.317. The van der Waals surface area contributed by atoms with Crippen molar-refractivity contribution in [2.45, 2.75) is 18.6 Å². The van der Waals surface area contributed by atoms with Crippen LogP contribution in [0.4, 0.5) is 0 Å². The van der Waals surface area contributed by atoms with Crippen molar-refractivity contribution in [2.24, 2.45) is 0 Å². The Morgan fingerprint density at radius 1 is 1.30 bits per heavy atom. The van der Waals surface area contributed by atoms with Crippen LogP contribution in [0.1, 0.15) is 27.7 Å². The number of rotatable bonds is 2. The average molecular weight is 289 g/mol. The number of hydrogen-bond acceptors (Lipinski definition) is 3. The molecule has 5 heteroatoms. The molecule has 0 fully saturated rings. The Balaban J connectivity index is 1.81. The van der Waals surface area contributed by atoms with Crippen LogP contribution in [0.25, 0.3) is 0 Å². The molecule has 1 aromatic carbocycles. The Bertz CT molecular complexity index is 643. The number of aliphatic hydroxyl groups is 1. The number of carbonyl (C=O) groups excluding carboxylic acids is 1. The van der Waals surface area contributed by atoms with Crippen LogP contribution in [0.5, 0.6) is 0 Å². The van der Waals surface area contributed by atoms with Gasteiger partial charge in [-0.05, 0) is 23.3 Å². The number of halogens is 1. The second-order valence-corrected chi connectivity index (χ2v) is 5.22. The van der Waals surface area contributed by atoms with Gasteiger partial charge in [-0.3, -0.25) is 4.79 Å². The maximum atomic E-state index is 12.1. The van der Waals surface area contributed by atoms with Gasteiger partial charge in [0.2, 0.25) is 0 Å². The largest absolute Gasteiger partial charge is 0.390 e. The monoisotopic (exact) mass is 288 g/mol. The van der Waals surface area contributed by atoms with Gasteiger partial charge in [-0.15, -0.1) is 0 Å². The van der Waals surface area contributed by atoms with Crippen molar-refractivity contribution in [3.05, 3.63) is 64.4 Å². The molecule has 4 nitrogen and oxygen atoms in total. The molecule has 1 heterocycles. The summed E-state index contributed by atoms with van der Waals surface area (Å²) in [7, 11) is 0. The molecule has 0 saturated carbocycles. The van der Waals surface area contributed by atoms with Gasteiger partial charge in [0.05, 0.1) is 17.2 Å². The first kappa shape index (κ1) is 13.1. The molecule has 1 aromatic heterocycles. The molecule has 0 spiro atoms. The molecule has 0 radical (unpaired) electrons. The molecule has 1 aliphatic rings. The first-order valence-corrected chi connectivity index (χ1v) is 6.71. The third kappa shape index (κ3) is 2.40. The van der Waals surface area contributed by atoms with Crippen molar-refractivity contribution in [3.8, 4) is 0 Å².